The Hall–Kier alpha value is -3.90. The largest absolute Gasteiger partial charge is 0.489 e. The summed E-state index contributed by atoms with van der Waals surface area (Å²) in [5.41, 5.74) is 1.61. The van der Waals surface area contributed by atoms with E-state index in [0.717, 1.165) is 24.3 Å². The SMILES string of the molecule is C[C@@]1(N)COc2c1cc([C@](O)(CCC(=O)c1cc3c(c(OC(F)F)c1)CC=C3)C(F)(F)F)nc2-c1ccc(F)cc1. The highest BCUT2D eigenvalue weighted by Gasteiger charge is 2.56. The number of nitrogens with zero attached hydrogens (tertiary/aromatic N) is 1. The predicted molar refractivity (Wildman–Crippen MR) is 136 cm³/mol. The maximum Gasteiger partial charge on any atom is 0.422 e. The first-order chi connectivity index (χ1) is 19.2. The van der Waals surface area contributed by atoms with Gasteiger partial charge in [0.05, 0.1) is 11.2 Å². The number of aliphatic hydroxyl groups is 1. The fourth-order valence-electron chi connectivity index (χ4n) is 4.97. The molecule has 0 saturated heterocycles. The third-order valence-electron chi connectivity index (χ3n) is 7.23. The van der Waals surface area contributed by atoms with Crippen LogP contribution in [0.2, 0.25) is 0 Å². The topological polar surface area (TPSA) is 94.7 Å². The maximum absolute atomic E-state index is 14.5. The molecular weight excluding hydrogens is 554 g/mol. The van der Waals surface area contributed by atoms with E-state index in [-0.39, 0.29) is 40.5 Å². The van der Waals surface area contributed by atoms with E-state index in [1.54, 1.807) is 12.2 Å². The summed E-state index contributed by atoms with van der Waals surface area (Å²) in [4.78, 5) is 17.2. The third-order valence-corrected chi connectivity index (χ3v) is 7.23. The minimum Gasteiger partial charge on any atom is -0.489 e. The fraction of sp³-hybridized carbons (Fsp3) is 0.310. The summed E-state index contributed by atoms with van der Waals surface area (Å²) in [7, 11) is 0. The van der Waals surface area contributed by atoms with Crippen LogP contribution in [0, 0.1) is 5.82 Å². The summed E-state index contributed by atoms with van der Waals surface area (Å²) in [6.07, 6.45) is -3.67. The van der Waals surface area contributed by atoms with E-state index < -0.39 is 54.1 Å². The van der Waals surface area contributed by atoms with Gasteiger partial charge in [0.25, 0.3) is 0 Å². The number of hydrogen-bond acceptors (Lipinski definition) is 6. The molecule has 216 valence electrons. The van der Waals surface area contributed by atoms with Gasteiger partial charge < -0.3 is 20.3 Å². The van der Waals surface area contributed by atoms with Gasteiger partial charge in [0.15, 0.2) is 11.5 Å². The summed E-state index contributed by atoms with van der Waals surface area (Å²) < 4.78 is 93.2. The van der Waals surface area contributed by atoms with E-state index in [2.05, 4.69) is 9.72 Å². The number of hydrogen-bond donors (Lipinski definition) is 2. The molecular formula is C29H24F6N2O4. The van der Waals surface area contributed by atoms with Crippen molar-refractivity contribution in [3.8, 4) is 22.8 Å². The number of carbonyl (C=O) groups is 1. The van der Waals surface area contributed by atoms with Gasteiger partial charge in [-0.25, -0.2) is 9.37 Å². The molecule has 0 unspecified atom stereocenters. The molecule has 12 heteroatoms. The second-order valence-corrected chi connectivity index (χ2v) is 10.3. The van der Waals surface area contributed by atoms with Gasteiger partial charge in [-0.15, -0.1) is 0 Å². The van der Waals surface area contributed by atoms with Gasteiger partial charge in [-0.05, 0) is 67.8 Å². The summed E-state index contributed by atoms with van der Waals surface area (Å²) in [5, 5.41) is 11.1. The zero-order valence-corrected chi connectivity index (χ0v) is 21.6. The Balaban J connectivity index is 1.53. The maximum atomic E-state index is 14.5. The Kier molecular flexibility index (Phi) is 7.11. The van der Waals surface area contributed by atoms with Crippen molar-refractivity contribution in [2.45, 2.75) is 50.1 Å². The van der Waals surface area contributed by atoms with Crippen molar-refractivity contribution in [2.24, 2.45) is 5.73 Å². The van der Waals surface area contributed by atoms with Crippen molar-refractivity contribution < 1.29 is 45.7 Å². The molecule has 1 aliphatic carbocycles. The molecule has 3 aromatic rings. The number of rotatable bonds is 8. The molecule has 1 aliphatic heterocycles. The second kappa shape index (κ2) is 10.2. The van der Waals surface area contributed by atoms with Crippen molar-refractivity contribution in [3.63, 3.8) is 0 Å². The fourth-order valence-corrected chi connectivity index (χ4v) is 4.97. The first kappa shape index (κ1) is 28.6. The van der Waals surface area contributed by atoms with Gasteiger partial charge in [0.2, 0.25) is 5.60 Å². The van der Waals surface area contributed by atoms with Crippen LogP contribution in [0.15, 0.2) is 48.5 Å². The quantitative estimate of drug-likeness (QED) is 0.250. The Morgan fingerprint density at radius 3 is 2.56 bits per heavy atom. The highest BCUT2D eigenvalue weighted by molar-refractivity contribution is 5.97. The number of allylic oxidation sites excluding steroid dienone is 1. The van der Waals surface area contributed by atoms with Gasteiger partial charge in [-0.3, -0.25) is 4.79 Å². The summed E-state index contributed by atoms with van der Waals surface area (Å²) in [5.74, 6) is -1.56. The van der Waals surface area contributed by atoms with E-state index in [9.17, 15) is 36.2 Å². The zero-order chi connectivity index (χ0) is 29.7. The number of benzene rings is 2. The van der Waals surface area contributed by atoms with E-state index in [4.69, 9.17) is 10.5 Å². The molecule has 0 fully saturated rings. The van der Waals surface area contributed by atoms with E-state index in [1.807, 2.05) is 0 Å². The first-order valence-corrected chi connectivity index (χ1v) is 12.5. The van der Waals surface area contributed by atoms with Gasteiger partial charge >= 0.3 is 12.8 Å². The van der Waals surface area contributed by atoms with Crippen molar-refractivity contribution in [1.29, 1.82) is 0 Å². The summed E-state index contributed by atoms with van der Waals surface area (Å²) >= 11 is 0. The standard InChI is InChI=1S/C29H24F6N2O4/c1-27(36)14-40-25-20(27)13-23(37-24(25)15-5-7-18(30)8-6-15)28(39,29(33,34)35)10-9-21(38)17-11-16-3-2-4-19(16)22(12-17)41-26(31)32/h2-3,5-8,11-13,26,39H,4,9-10,14,36H2,1H3/t27-,28-/m1/s1. The minimum absolute atomic E-state index is 0.0829. The molecule has 0 bridgehead atoms. The van der Waals surface area contributed by atoms with Crippen LogP contribution in [0.1, 0.15) is 52.5 Å². The minimum atomic E-state index is -5.29. The Morgan fingerprint density at radius 2 is 1.90 bits per heavy atom. The smallest absolute Gasteiger partial charge is 0.422 e. The van der Waals surface area contributed by atoms with Gasteiger partial charge in [0, 0.05) is 28.7 Å². The lowest BCUT2D eigenvalue weighted by Gasteiger charge is -2.31. The lowest BCUT2D eigenvalue weighted by molar-refractivity contribution is -0.270. The third kappa shape index (κ3) is 5.29. The Bertz CT molecular complexity index is 1540. The number of aromatic nitrogens is 1. The van der Waals surface area contributed by atoms with E-state index in [0.29, 0.717) is 17.5 Å². The number of halogens is 6. The van der Waals surface area contributed by atoms with Crippen LogP contribution < -0.4 is 15.2 Å². The molecule has 5 rings (SSSR count). The Labute approximate surface area is 230 Å². The van der Waals surface area contributed by atoms with Gasteiger partial charge in [-0.2, -0.15) is 22.0 Å². The van der Waals surface area contributed by atoms with Crippen molar-refractivity contribution in [1.82, 2.24) is 4.98 Å². The first-order valence-electron chi connectivity index (χ1n) is 12.5. The number of ketones is 1. The monoisotopic (exact) mass is 578 g/mol. The molecule has 6 nitrogen and oxygen atoms in total. The van der Waals surface area contributed by atoms with Crippen molar-refractivity contribution >= 4 is 11.9 Å². The molecule has 41 heavy (non-hydrogen) atoms. The van der Waals surface area contributed by atoms with E-state index >= 15 is 0 Å². The number of ether oxygens (including phenoxy) is 2. The van der Waals surface area contributed by atoms with Crippen LogP contribution in [0.4, 0.5) is 26.3 Å². The molecule has 0 saturated carbocycles. The Morgan fingerprint density at radius 1 is 1.20 bits per heavy atom. The number of nitrogens with two attached hydrogens (primary N) is 1. The lowest BCUT2D eigenvalue weighted by atomic mass is 9.86. The molecule has 1 aromatic heterocycles. The molecule has 0 radical (unpaired) electrons. The van der Waals surface area contributed by atoms with Crippen molar-refractivity contribution in [2.75, 3.05) is 6.61 Å². The molecule has 0 amide bonds. The van der Waals surface area contributed by atoms with Crippen LogP contribution in [0.3, 0.4) is 0 Å². The molecule has 0 spiro atoms. The van der Waals surface area contributed by atoms with Crippen molar-refractivity contribution in [3.05, 3.63) is 82.3 Å². The van der Waals surface area contributed by atoms with Gasteiger partial charge in [-0.1, -0.05) is 12.2 Å². The predicted octanol–water partition coefficient (Wildman–Crippen LogP) is 6.04. The highest BCUT2D eigenvalue weighted by Crippen LogP contribution is 2.48. The number of pyridine rings is 1. The summed E-state index contributed by atoms with van der Waals surface area (Å²) in [6.45, 7) is -1.71. The number of carbonyl (C=O) groups excluding carboxylic acids is 1. The lowest BCUT2D eigenvalue weighted by Crippen LogP contribution is -2.44. The number of alkyl halides is 5. The number of Topliss-reactive ketones (excluding diaryl/α,β-unsaturated/α-hetero) is 1. The molecule has 3 N–H and O–H groups in total. The molecule has 2 heterocycles. The number of fused-ring (bicyclic) bond motifs is 2. The van der Waals surface area contributed by atoms with Crippen LogP contribution >= 0.6 is 0 Å². The normalized spacial score (nSPS) is 19.1. The van der Waals surface area contributed by atoms with Gasteiger partial charge in [0.1, 0.15) is 23.9 Å². The van der Waals surface area contributed by atoms with Crippen LogP contribution in [0.25, 0.3) is 17.3 Å². The zero-order valence-electron chi connectivity index (χ0n) is 21.6. The average Bonchev–Trinajstić information content (AvgIpc) is 3.50. The summed E-state index contributed by atoms with van der Waals surface area (Å²) in [6, 6.07) is 8.23. The average molecular weight is 579 g/mol. The van der Waals surface area contributed by atoms with Crippen LogP contribution in [-0.2, 0) is 17.6 Å². The van der Waals surface area contributed by atoms with Crippen LogP contribution in [0.5, 0.6) is 11.5 Å². The second-order valence-electron chi connectivity index (χ2n) is 10.3. The van der Waals surface area contributed by atoms with E-state index in [1.165, 1.54) is 25.1 Å². The molecule has 2 atom stereocenters. The van der Waals surface area contributed by atoms with Crippen LogP contribution in [-0.4, -0.2) is 35.3 Å². The molecule has 2 aliphatic rings. The highest BCUT2D eigenvalue weighted by atomic mass is 19.4. The molecule has 2 aromatic carbocycles.